The SMILES string of the molecule is CCOCc1nc(-c2cccc(CC(C)C)c2)cc(=O)[nH]1. The third-order valence-electron chi connectivity index (χ3n) is 3.10. The van der Waals surface area contributed by atoms with Crippen LogP contribution in [0.3, 0.4) is 0 Å². The van der Waals surface area contributed by atoms with Gasteiger partial charge in [0, 0.05) is 18.2 Å². The van der Waals surface area contributed by atoms with Crippen LogP contribution in [0.4, 0.5) is 0 Å². The summed E-state index contributed by atoms with van der Waals surface area (Å²) < 4.78 is 5.31. The van der Waals surface area contributed by atoms with Gasteiger partial charge in [0.15, 0.2) is 0 Å². The molecule has 4 nitrogen and oxygen atoms in total. The number of nitrogens with one attached hydrogen (secondary N) is 1. The zero-order chi connectivity index (χ0) is 15.2. The van der Waals surface area contributed by atoms with Crippen LogP contribution in [0.2, 0.25) is 0 Å². The number of aromatic nitrogens is 2. The van der Waals surface area contributed by atoms with E-state index in [-0.39, 0.29) is 5.56 Å². The minimum Gasteiger partial charge on any atom is -0.374 e. The van der Waals surface area contributed by atoms with Gasteiger partial charge in [-0.2, -0.15) is 0 Å². The van der Waals surface area contributed by atoms with E-state index in [9.17, 15) is 4.79 Å². The lowest BCUT2D eigenvalue weighted by Gasteiger charge is -2.08. The number of hydrogen-bond acceptors (Lipinski definition) is 3. The third kappa shape index (κ3) is 4.53. The summed E-state index contributed by atoms with van der Waals surface area (Å²) in [6.45, 7) is 7.22. The van der Waals surface area contributed by atoms with E-state index < -0.39 is 0 Å². The van der Waals surface area contributed by atoms with Crippen molar-refractivity contribution in [1.29, 1.82) is 0 Å². The molecule has 21 heavy (non-hydrogen) atoms. The van der Waals surface area contributed by atoms with E-state index in [1.165, 1.54) is 11.6 Å². The van der Waals surface area contributed by atoms with E-state index >= 15 is 0 Å². The maximum Gasteiger partial charge on any atom is 0.251 e. The third-order valence-corrected chi connectivity index (χ3v) is 3.10. The van der Waals surface area contributed by atoms with Gasteiger partial charge in [-0.3, -0.25) is 4.79 Å². The molecule has 2 aromatic rings. The van der Waals surface area contributed by atoms with Gasteiger partial charge in [0.05, 0.1) is 5.69 Å². The number of rotatable bonds is 6. The lowest BCUT2D eigenvalue weighted by Crippen LogP contribution is -2.12. The van der Waals surface area contributed by atoms with Crippen molar-refractivity contribution in [3.05, 3.63) is 52.1 Å². The smallest absolute Gasteiger partial charge is 0.251 e. The monoisotopic (exact) mass is 286 g/mol. The first kappa shape index (κ1) is 15.4. The minimum absolute atomic E-state index is 0.149. The van der Waals surface area contributed by atoms with E-state index in [1.807, 2.05) is 19.1 Å². The van der Waals surface area contributed by atoms with E-state index in [4.69, 9.17) is 4.74 Å². The predicted molar refractivity (Wildman–Crippen MR) is 84.2 cm³/mol. The van der Waals surface area contributed by atoms with Gasteiger partial charge in [-0.15, -0.1) is 0 Å². The Balaban J connectivity index is 2.32. The van der Waals surface area contributed by atoms with E-state index in [0.29, 0.717) is 30.7 Å². The van der Waals surface area contributed by atoms with Crippen LogP contribution in [0, 0.1) is 5.92 Å². The van der Waals surface area contributed by atoms with Gasteiger partial charge in [-0.05, 0) is 30.9 Å². The van der Waals surface area contributed by atoms with Gasteiger partial charge in [0.2, 0.25) is 0 Å². The molecule has 1 aromatic heterocycles. The zero-order valence-corrected chi connectivity index (χ0v) is 12.8. The van der Waals surface area contributed by atoms with Gasteiger partial charge in [0.25, 0.3) is 5.56 Å². The van der Waals surface area contributed by atoms with Crippen molar-refractivity contribution in [2.24, 2.45) is 5.92 Å². The van der Waals surface area contributed by atoms with Gasteiger partial charge >= 0.3 is 0 Å². The molecule has 0 radical (unpaired) electrons. The van der Waals surface area contributed by atoms with Crippen LogP contribution < -0.4 is 5.56 Å². The predicted octanol–water partition coefficient (Wildman–Crippen LogP) is 3.17. The highest BCUT2D eigenvalue weighted by Crippen LogP contribution is 2.19. The molecule has 0 saturated heterocycles. The molecule has 0 amide bonds. The molecule has 0 atom stereocenters. The molecule has 0 bridgehead atoms. The normalized spacial score (nSPS) is 11.0. The molecule has 0 unspecified atom stereocenters. The molecule has 0 spiro atoms. The molecule has 2 rings (SSSR count). The average Bonchev–Trinajstić information content (AvgIpc) is 2.44. The lowest BCUT2D eigenvalue weighted by atomic mass is 10.00. The highest BCUT2D eigenvalue weighted by molar-refractivity contribution is 5.59. The second-order valence-corrected chi connectivity index (χ2v) is 5.51. The van der Waals surface area contributed by atoms with Crippen molar-refractivity contribution in [1.82, 2.24) is 9.97 Å². The maximum atomic E-state index is 11.8. The van der Waals surface area contributed by atoms with Gasteiger partial charge in [0.1, 0.15) is 12.4 Å². The Labute approximate surface area is 125 Å². The summed E-state index contributed by atoms with van der Waals surface area (Å²) >= 11 is 0. The maximum absolute atomic E-state index is 11.8. The van der Waals surface area contributed by atoms with Crippen molar-refractivity contribution in [2.45, 2.75) is 33.8 Å². The fourth-order valence-corrected chi connectivity index (χ4v) is 2.25. The van der Waals surface area contributed by atoms with Crippen LogP contribution in [0.1, 0.15) is 32.2 Å². The number of aromatic amines is 1. The first-order chi connectivity index (χ1) is 10.1. The Hall–Kier alpha value is -1.94. The van der Waals surface area contributed by atoms with Crippen LogP contribution in [0.5, 0.6) is 0 Å². The largest absolute Gasteiger partial charge is 0.374 e. The van der Waals surface area contributed by atoms with Gasteiger partial charge in [-0.1, -0.05) is 32.0 Å². The molecular weight excluding hydrogens is 264 g/mol. The molecule has 112 valence electrons. The Morgan fingerprint density at radius 3 is 2.81 bits per heavy atom. The fourth-order valence-electron chi connectivity index (χ4n) is 2.25. The Bertz CT molecular complexity index is 647. The minimum atomic E-state index is -0.149. The van der Waals surface area contributed by atoms with Crippen LogP contribution >= 0.6 is 0 Å². The van der Waals surface area contributed by atoms with E-state index in [1.54, 1.807) is 0 Å². The fraction of sp³-hybridized carbons (Fsp3) is 0.412. The topological polar surface area (TPSA) is 55.0 Å². The van der Waals surface area contributed by atoms with Crippen molar-refractivity contribution in [3.8, 4) is 11.3 Å². The summed E-state index contributed by atoms with van der Waals surface area (Å²) in [6, 6.07) is 9.74. The number of ether oxygens (including phenoxy) is 1. The first-order valence-electron chi connectivity index (χ1n) is 7.35. The number of hydrogen-bond donors (Lipinski definition) is 1. The lowest BCUT2D eigenvalue weighted by molar-refractivity contribution is 0.128. The molecule has 1 N–H and O–H groups in total. The quantitative estimate of drug-likeness (QED) is 0.887. The molecular formula is C17H22N2O2. The number of nitrogens with zero attached hydrogens (tertiary/aromatic N) is 1. The first-order valence-corrected chi connectivity index (χ1v) is 7.35. The molecule has 0 aliphatic heterocycles. The summed E-state index contributed by atoms with van der Waals surface area (Å²) in [4.78, 5) is 18.9. The van der Waals surface area contributed by atoms with Crippen molar-refractivity contribution >= 4 is 0 Å². The number of benzene rings is 1. The molecule has 1 heterocycles. The van der Waals surface area contributed by atoms with Crippen molar-refractivity contribution < 1.29 is 4.74 Å². The second kappa shape index (κ2) is 7.18. The molecule has 0 aliphatic carbocycles. The molecule has 1 aromatic carbocycles. The summed E-state index contributed by atoms with van der Waals surface area (Å²) in [5, 5.41) is 0. The standard InChI is InChI=1S/C17H22N2O2/c1-4-21-11-16-18-15(10-17(20)19-16)14-7-5-6-13(9-14)8-12(2)3/h5-7,9-10,12H,4,8,11H2,1-3H3,(H,18,19,20). The Morgan fingerprint density at radius 2 is 2.10 bits per heavy atom. The molecule has 0 fully saturated rings. The summed E-state index contributed by atoms with van der Waals surface area (Å²) in [5.41, 5.74) is 2.77. The Morgan fingerprint density at radius 1 is 1.29 bits per heavy atom. The Kier molecular flexibility index (Phi) is 5.28. The van der Waals surface area contributed by atoms with Crippen LogP contribution in [0.15, 0.2) is 35.1 Å². The van der Waals surface area contributed by atoms with E-state index in [0.717, 1.165) is 12.0 Å². The molecule has 4 heteroatoms. The van der Waals surface area contributed by atoms with E-state index in [2.05, 4.69) is 35.9 Å². The van der Waals surface area contributed by atoms with Crippen LogP contribution in [0.25, 0.3) is 11.3 Å². The summed E-state index contributed by atoms with van der Waals surface area (Å²) in [6.07, 6.45) is 1.02. The van der Waals surface area contributed by atoms with Crippen LogP contribution in [-0.2, 0) is 17.8 Å². The molecule has 0 saturated carbocycles. The van der Waals surface area contributed by atoms with Crippen molar-refractivity contribution in [2.75, 3.05) is 6.61 Å². The average molecular weight is 286 g/mol. The van der Waals surface area contributed by atoms with Crippen molar-refractivity contribution in [3.63, 3.8) is 0 Å². The highest BCUT2D eigenvalue weighted by atomic mass is 16.5. The zero-order valence-electron chi connectivity index (χ0n) is 12.8. The van der Waals surface area contributed by atoms with Crippen LogP contribution in [-0.4, -0.2) is 16.6 Å². The molecule has 0 aliphatic rings. The highest BCUT2D eigenvalue weighted by Gasteiger charge is 2.06. The van der Waals surface area contributed by atoms with Gasteiger partial charge < -0.3 is 9.72 Å². The summed E-state index contributed by atoms with van der Waals surface area (Å²) in [5.74, 6) is 1.16. The second-order valence-electron chi connectivity index (χ2n) is 5.51. The number of H-pyrrole nitrogens is 1. The van der Waals surface area contributed by atoms with Gasteiger partial charge in [-0.25, -0.2) is 4.98 Å². The summed E-state index contributed by atoms with van der Waals surface area (Å²) in [7, 11) is 0.